The lowest BCUT2D eigenvalue weighted by molar-refractivity contribution is 0.131. The van der Waals surface area contributed by atoms with Crippen LogP contribution in [0.5, 0.6) is 0 Å². The third-order valence-corrected chi connectivity index (χ3v) is 2.58. The first kappa shape index (κ1) is 11.1. The normalized spacial score (nSPS) is 11.5. The minimum Gasteiger partial charge on any atom is -0.364 e. The van der Waals surface area contributed by atoms with E-state index in [1.54, 1.807) is 7.11 Å². The Kier molecular flexibility index (Phi) is 3.25. The molecule has 16 heavy (non-hydrogen) atoms. The fourth-order valence-electron chi connectivity index (χ4n) is 1.92. The topological polar surface area (TPSA) is 27.1 Å². The first-order valence-corrected chi connectivity index (χ1v) is 5.65. The van der Waals surface area contributed by atoms with Crippen LogP contribution in [-0.2, 0) is 17.9 Å². The van der Waals surface area contributed by atoms with Crippen molar-refractivity contribution >= 4 is 11.0 Å². The Morgan fingerprint density at radius 1 is 1.31 bits per heavy atom. The molecule has 0 aliphatic rings. The minimum atomic E-state index is 0.572. The first-order chi connectivity index (χ1) is 7.72. The number of fused-ring (bicyclic) bond motifs is 1. The van der Waals surface area contributed by atoms with Gasteiger partial charge in [-0.3, -0.25) is 0 Å². The quantitative estimate of drug-likeness (QED) is 0.789. The van der Waals surface area contributed by atoms with E-state index in [1.807, 2.05) is 18.2 Å². The number of hydrogen-bond donors (Lipinski definition) is 0. The molecule has 0 radical (unpaired) electrons. The Morgan fingerprint density at radius 3 is 2.75 bits per heavy atom. The van der Waals surface area contributed by atoms with E-state index < -0.39 is 0 Å². The second kappa shape index (κ2) is 4.66. The van der Waals surface area contributed by atoms with Crippen molar-refractivity contribution in [1.82, 2.24) is 9.55 Å². The summed E-state index contributed by atoms with van der Waals surface area (Å²) in [4.78, 5) is 4.65. The Balaban J connectivity index is 2.49. The molecule has 0 aliphatic heterocycles. The average Bonchev–Trinajstić information content (AvgIpc) is 2.57. The highest BCUT2D eigenvalue weighted by molar-refractivity contribution is 5.75. The summed E-state index contributed by atoms with van der Waals surface area (Å²) in [6.45, 7) is 4.98. The second-order valence-corrected chi connectivity index (χ2v) is 4.46. The smallest absolute Gasteiger partial charge is 0.124 e. The summed E-state index contributed by atoms with van der Waals surface area (Å²) in [6, 6.07) is 8.19. The van der Waals surface area contributed by atoms with Crippen molar-refractivity contribution in [3.05, 3.63) is 30.1 Å². The Labute approximate surface area is 96.1 Å². The molecule has 0 fully saturated rings. The van der Waals surface area contributed by atoms with E-state index in [-0.39, 0.29) is 0 Å². The van der Waals surface area contributed by atoms with Crippen LogP contribution in [0.2, 0.25) is 0 Å². The standard InChI is InChI=1S/C13H18N2O/c1-10(2)8-13-14-11-6-4-5-7-12(11)15(13)9-16-3/h4-7,10H,8-9H2,1-3H3. The first-order valence-electron chi connectivity index (χ1n) is 5.65. The van der Waals surface area contributed by atoms with Crippen molar-refractivity contribution < 1.29 is 4.74 Å². The zero-order valence-corrected chi connectivity index (χ0v) is 10.1. The van der Waals surface area contributed by atoms with Gasteiger partial charge >= 0.3 is 0 Å². The summed E-state index contributed by atoms with van der Waals surface area (Å²) in [7, 11) is 1.72. The zero-order valence-electron chi connectivity index (χ0n) is 10.1. The number of methoxy groups -OCH3 is 1. The molecule has 0 unspecified atom stereocenters. The van der Waals surface area contributed by atoms with E-state index in [2.05, 4.69) is 29.5 Å². The van der Waals surface area contributed by atoms with Crippen LogP contribution in [0, 0.1) is 5.92 Å². The van der Waals surface area contributed by atoms with Crippen LogP contribution in [0.15, 0.2) is 24.3 Å². The number of hydrogen-bond acceptors (Lipinski definition) is 2. The van der Waals surface area contributed by atoms with Gasteiger partial charge in [-0.2, -0.15) is 0 Å². The van der Waals surface area contributed by atoms with Crippen molar-refractivity contribution in [3.8, 4) is 0 Å². The molecule has 0 spiro atoms. The lowest BCUT2D eigenvalue weighted by Gasteiger charge is -2.09. The summed E-state index contributed by atoms with van der Waals surface area (Å²) in [6.07, 6.45) is 0.984. The molecule has 0 saturated carbocycles. The lowest BCUT2D eigenvalue weighted by Crippen LogP contribution is -2.08. The van der Waals surface area contributed by atoms with Gasteiger partial charge < -0.3 is 9.30 Å². The van der Waals surface area contributed by atoms with Gasteiger partial charge in [-0.15, -0.1) is 0 Å². The van der Waals surface area contributed by atoms with Crippen LogP contribution in [-0.4, -0.2) is 16.7 Å². The lowest BCUT2D eigenvalue weighted by atomic mass is 10.1. The number of imidazole rings is 1. The van der Waals surface area contributed by atoms with Crippen LogP contribution >= 0.6 is 0 Å². The summed E-state index contributed by atoms with van der Waals surface area (Å²) in [5.74, 6) is 1.71. The molecule has 0 N–H and O–H groups in total. The number of aromatic nitrogens is 2. The maximum Gasteiger partial charge on any atom is 0.124 e. The average molecular weight is 218 g/mol. The van der Waals surface area contributed by atoms with Crippen molar-refractivity contribution in [2.45, 2.75) is 27.0 Å². The monoisotopic (exact) mass is 218 g/mol. The Bertz CT molecular complexity index is 474. The van der Waals surface area contributed by atoms with Gasteiger partial charge in [0.2, 0.25) is 0 Å². The summed E-state index contributed by atoms with van der Waals surface area (Å²) in [5, 5.41) is 0. The summed E-state index contributed by atoms with van der Waals surface area (Å²) >= 11 is 0. The highest BCUT2D eigenvalue weighted by Gasteiger charge is 2.10. The van der Waals surface area contributed by atoms with Gasteiger partial charge in [-0.05, 0) is 18.1 Å². The van der Waals surface area contributed by atoms with Gasteiger partial charge in [0, 0.05) is 13.5 Å². The molecule has 1 aromatic carbocycles. The molecule has 0 atom stereocenters. The molecular weight excluding hydrogens is 200 g/mol. The third-order valence-electron chi connectivity index (χ3n) is 2.58. The van der Waals surface area contributed by atoms with Crippen LogP contribution in [0.4, 0.5) is 0 Å². The van der Waals surface area contributed by atoms with Crippen molar-refractivity contribution in [2.24, 2.45) is 5.92 Å². The van der Waals surface area contributed by atoms with Crippen LogP contribution in [0.1, 0.15) is 19.7 Å². The third kappa shape index (κ3) is 2.09. The molecule has 2 rings (SSSR count). The number of ether oxygens (including phenoxy) is 1. The maximum atomic E-state index is 5.24. The molecule has 3 nitrogen and oxygen atoms in total. The zero-order chi connectivity index (χ0) is 11.5. The van der Waals surface area contributed by atoms with Crippen molar-refractivity contribution in [1.29, 1.82) is 0 Å². The van der Waals surface area contributed by atoms with E-state index in [0.29, 0.717) is 12.6 Å². The fraction of sp³-hybridized carbons (Fsp3) is 0.462. The molecule has 3 heteroatoms. The van der Waals surface area contributed by atoms with E-state index in [0.717, 1.165) is 23.3 Å². The predicted octanol–water partition coefficient (Wildman–Crippen LogP) is 2.84. The molecule has 0 aliphatic carbocycles. The van der Waals surface area contributed by atoms with Gasteiger partial charge in [0.1, 0.15) is 12.6 Å². The summed E-state index contributed by atoms with van der Waals surface area (Å²) in [5.41, 5.74) is 2.20. The molecule has 0 bridgehead atoms. The highest BCUT2D eigenvalue weighted by atomic mass is 16.5. The number of rotatable bonds is 4. The molecular formula is C13H18N2O. The van der Waals surface area contributed by atoms with Crippen LogP contribution < -0.4 is 0 Å². The minimum absolute atomic E-state index is 0.572. The molecule has 86 valence electrons. The van der Waals surface area contributed by atoms with Crippen molar-refractivity contribution in [2.75, 3.05) is 7.11 Å². The van der Waals surface area contributed by atoms with Gasteiger partial charge in [-0.1, -0.05) is 26.0 Å². The molecule has 0 saturated heterocycles. The molecule has 1 aromatic heterocycles. The SMILES string of the molecule is COCn1c(CC(C)C)nc2ccccc21. The van der Waals surface area contributed by atoms with Gasteiger partial charge in [0.25, 0.3) is 0 Å². The largest absolute Gasteiger partial charge is 0.364 e. The fourth-order valence-corrected chi connectivity index (χ4v) is 1.92. The molecule has 0 amide bonds. The van der Waals surface area contributed by atoms with E-state index in [1.165, 1.54) is 0 Å². The van der Waals surface area contributed by atoms with E-state index in [4.69, 9.17) is 4.74 Å². The van der Waals surface area contributed by atoms with Crippen LogP contribution in [0.3, 0.4) is 0 Å². The Hall–Kier alpha value is -1.35. The van der Waals surface area contributed by atoms with Crippen molar-refractivity contribution in [3.63, 3.8) is 0 Å². The summed E-state index contributed by atoms with van der Waals surface area (Å²) < 4.78 is 7.39. The highest BCUT2D eigenvalue weighted by Crippen LogP contribution is 2.18. The number of nitrogens with zero attached hydrogens (tertiary/aromatic N) is 2. The molecule has 2 aromatic rings. The van der Waals surface area contributed by atoms with Gasteiger partial charge in [0.05, 0.1) is 11.0 Å². The maximum absolute atomic E-state index is 5.24. The molecule has 1 heterocycles. The second-order valence-electron chi connectivity index (χ2n) is 4.46. The van der Waals surface area contributed by atoms with Gasteiger partial charge in [-0.25, -0.2) is 4.98 Å². The number of benzene rings is 1. The van der Waals surface area contributed by atoms with E-state index >= 15 is 0 Å². The van der Waals surface area contributed by atoms with Crippen LogP contribution in [0.25, 0.3) is 11.0 Å². The predicted molar refractivity (Wildman–Crippen MR) is 65.3 cm³/mol. The van der Waals surface area contributed by atoms with Gasteiger partial charge in [0.15, 0.2) is 0 Å². The number of para-hydroxylation sites is 2. The Morgan fingerprint density at radius 2 is 2.06 bits per heavy atom. The van der Waals surface area contributed by atoms with E-state index in [9.17, 15) is 0 Å².